The summed E-state index contributed by atoms with van der Waals surface area (Å²) in [4.78, 5) is 24.2. The van der Waals surface area contributed by atoms with Gasteiger partial charge in [-0.2, -0.15) is 0 Å². The summed E-state index contributed by atoms with van der Waals surface area (Å²) < 4.78 is 5.62. The molecule has 2 unspecified atom stereocenters. The third-order valence-electron chi connectivity index (χ3n) is 4.62. The quantitative estimate of drug-likeness (QED) is 0.878. The fraction of sp³-hybridized carbons (Fsp3) is 0.300. The van der Waals surface area contributed by atoms with Gasteiger partial charge in [-0.05, 0) is 36.6 Å². The van der Waals surface area contributed by atoms with Crippen molar-refractivity contribution in [3.8, 4) is 5.75 Å². The molecule has 5 nitrogen and oxygen atoms in total. The highest BCUT2D eigenvalue weighted by Gasteiger charge is 2.33. The highest BCUT2D eigenvalue weighted by atomic mass is 16.5. The van der Waals surface area contributed by atoms with E-state index in [1.807, 2.05) is 56.3 Å². The molecule has 1 heterocycles. The van der Waals surface area contributed by atoms with Crippen LogP contribution in [0.4, 0.5) is 0 Å². The highest BCUT2D eigenvalue weighted by molar-refractivity contribution is 5.89. The molecule has 2 aromatic rings. The van der Waals surface area contributed by atoms with Crippen LogP contribution < -0.4 is 10.1 Å². The molecule has 0 aliphatic carbocycles. The van der Waals surface area contributed by atoms with Gasteiger partial charge in [-0.3, -0.25) is 4.79 Å². The van der Waals surface area contributed by atoms with Crippen LogP contribution >= 0.6 is 0 Å². The van der Waals surface area contributed by atoms with E-state index < -0.39 is 17.9 Å². The number of rotatable bonds is 5. The first-order chi connectivity index (χ1) is 12.0. The Balaban J connectivity index is 1.75. The summed E-state index contributed by atoms with van der Waals surface area (Å²) in [6, 6.07) is 12.2. The summed E-state index contributed by atoms with van der Waals surface area (Å²) in [7, 11) is 0. The fourth-order valence-electron chi connectivity index (χ4n) is 3.01. The van der Waals surface area contributed by atoms with Crippen LogP contribution in [0.3, 0.4) is 0 Å². The van der Waals surface area contributed by atoms with Crippen LogP contribution in [0.15, 0.2) is 42.5 Å². The number of carboxylic acids is 1. The highest BCUT2D eigenvalue weighted by Crippen LogP contribution is 2.36. The molecule has 0 spiro atoms. The number of carbonyl (C=O) groups excluding carboxylic acids is 1. The molecule has 0 saturated carbocycles. The van der Waals surface area contributed by atoms with Gasteiger partial charge in [-0.15, -0.1) is 0 Å². The standard InChI is InChI=1S/C20H21NO4/c1-12-8-15-16(11-25-18(15)9-13(12)2)19(22)21-17(20(23)24)10-14-6-4-3-5-7-14/h3-9,16-17H,10-11H2,1-2H3,(H,21,22)(H,23,24). The number of aliphatic carboxylic acids is 1. The summed E-state index contributed by atoms with van der Waals surface area (Å²) >= 11 is 0. The Labute approximate surface area is 146 Å². The number of carboxylic acid groups (broad SMARTS) is 1. The largest absolute Gasteiger partial charge is 0.492 e. The summed E-state index contributed by atoms with van der Waals surface area (Å²) in [6.07, 6.45) is 0.245. The third kappa shape index (κ3) is 3.65. The van der Waals surface area contributed by atoms with Crippen LogP contribution in [-0.2, 0) is 16.0 Å². The van der Waals surface area contributed by atoms with Crippen LogP contribution in [0.5, 0.6) is 5.75 Å². The number of aryl methyl sites for hydroxylation is 2. The van der Waals surface area contributed by atoms with Crippen LogP contribution in [0.25, 0.3) is 0 Å². The Morgan fingerprint density at radius 3 is 2.56 bits per heavy atom. The van der Waals surface area contributed by atoms with Gasteiger partial charge < -0.3 is 15.2 Å². The molecule has 2 aromatic carbocycles. The Bertz CT molecular complexity index is 801. The van der Waals surface area contributed by atoms with E-state index in [9.17, 15) is 14.7 Å². The number of hydrogen-bond donors (Lipinski definition) is 2. The van der Waals surface area contributed by atoms with E-state index in [0.717, 1.165) is 22.3 Å². The molecule has 0 bridgehead atoms. The molecule has 1 aliphatic rings. The van der Waals surface area contributed by atoms with Crippen molar-refractivity contribution in [1.82, 2.24) is 5.32 Å². The van der Waals surface area contributed by atoms with Gasteiger partial charge in [0.05, 0.1) is 0 Å². The molecule has 0 aromatic heterocycles. The van der Waals surface area contributed by atoms with Gasteiger partial charge in [0.1, 0.15) is 24.3 Å². The molecular formula is C20H21NO4. The Morgan fingerprint density at radius 2 is 1.88 bits per heavy atom. The van der Waals surface area contributed by atoms with E-state index in [1.165, 1.54) is 0 Å². The molecule has 2 N–H and O–H groups in total. The lowest BCUT2D eigenvalue weighted by atomic mass is 9.95. The second kappa shape index (κ2) is 6.97. The topological polar surface area (TPSA) is 75.6 Å². The average molecular weight is 339 g/mol. The molecule has 0 radical (unpaired) electrons. The maximum absolute atomic E-state index is 12.7. The van der Waals surface area contributed by atoms with E-state index in [0.29, 0.717) is 5.75 Å². The van der Waals surface area contributed by atoms with E-state index >= 15 is 0 Å². The first-order valence-corrected chi connectivity index (χ1v) is 8.26. The maximum atomic E-state index is 12.7. The molecule has 2 atom stereocenters. The number of amides is 1. The number of hydrogen-bond acceptors (Lipinski definition) is 3. The number of fused-ring (bicyclic) bond motifs is 1. The normalized spacial score (nSPS) is 16.6. The summed E-state index contributed by atoms with van der Waals surface area (Å²) in [5.74, 6) is -1.13. The summed E-state index contributed by atoms with van der Waals surface area (Å²) in [5, 5.41) is 12.1. The van der Waals surface area contributed by atoms with Gasteiger partial charge in [0, 0.05) is 12.0 Å². The lowest BCUT2D eigenvalue weighted by Crippen LogP contribution is -2.44. The Hall–Kier alpha value is -2.82. The number of carbonyl (C=O) groups is 2. The van der Waals surface area contributed by atoms with Crippen molar-refractivity contribution in [1.29, 1.82) is 0 Å². The molecule has 0 saturated heterocycles. The van der Waals surface area contributed by atoms with Gasteiger partial charge in [0.15, 0.2) is 0 Å². The zero-order valence-electron chi connectivity index (χ0n) is 14.3. The van der Waals surface area contributed by atoms with Crippen LogP contribution in [0, 0.1) is 13.8 Å². The lowest BCUT2D eigenvalue weighted by molar-refractivity contribution is -0.142. The van der Waals surface area contributed by atoms with Crippen molar-refractivity contribution in [2.75, 3.05) is 6.61 Å². The van der Waals surface area contributed by atoms with Crippen LogP contribution in [0.1, 0.15) is 28.2 Å². The van der Waals surface area contributed by atoms with Crippen molar-refractivity contribution < 1.29 is 19.4 Å². The van der Waals surface area contributed by atoms with Crippen molar-refractivity contribution in [2.24, 2.45) is 0 Å². The van der Waals surface area contributed by atoms with Gasteiger partial charge in [-0.1, -0.05) is 36.4 Å². The number of nitrogens with one attached hydrogen (secondary N) is 1. The van der Waals surface area contributed by atoms with Gasteiger partial charge in [0.2, 0.25) is 5.91 Å². The zero-order chi connectivity index (χ0) is 18.0. The van der Waals surface area contributed by atoms with Gasteiger partial charge in [-0.25, -0.2) is 4.79 Å². The molecule has 1 amide bonds. The van der Waals surface area contributed by atoms with E-state index in [2.05, 4.69) is 5.32 Å². The first-order valence-electron chi connectivity index (χ1n) is 8.26. The van der Waals surface area contributed by atoms with Crippen LogP contribution in [-0.4, -0.2) is 29.6 Å². The van der Waals surface area contributed by atoms with Gasteiger partial charge in [0.25, 0.3) is 0 Å². The summed E-state index contributed by atoms with van der Waals surface area (Å²) in [5.41, 5.74) is 3.88. The minimum atomic E-state index is -1.04. The smallest absolute Gasteiger partial charge is 0.326 e. The maximum Gasteiger partial charge on any atom is 0.326 e. The molecule has 130 valence electrons. The predicted molar refractivity (Wildman–Crippen MR) is 93.9 cm³/mol. The molecule has 5 heteroatoms. The molecule has 0 fully saturated rings. The SMILES string of the molecule is Cc1cc2c(cc1C)C(C(=O)NC(Cc1ccccc1)C(=O)O)CO2. The minimum Gasteiger partial charge on any atom is -0.492 e. The van der Waals surface area contributed by atoms with E-state index in [4.69, 9.17) is 4.74 Å². The number of ether oxygens (including phenoxy) is 1. The monoisotopic (exact) mass is 339 g/mol. The fourth-order valence-corrected chi connectivity index (χ4v) is 3.01. The minimum absolute atomic E-state index is 0.238. The van der Waals surface area contributed by atoms with E-state index in [1.54, 1.807) is 0 Å². The average Bonchev–Trinajstić information content (AvgIpc) is 2.98. The second-order valence-electron chi connectivity index (χ2n) is 6.43. The van der Waals surface area contributed by atoms with Crippen molar-refractivity contribution in [3.63, 3.8) is 0 Å². The lowest BCUT2D eigenvalue weighted by Gasteiger charge is -2.17. The van der Waals surface area contributed by atoms with Crippen molar-refractivity contribution in [2.45, 2.75) is 32.2 Å². The van der Waals surface area contributed by atoms with Gasteiger partial charge >= 0.3 is 5.97 Å². The first kappa shape index (κ1) is 17.0. The van der Waals surface area contributed by atoms with Crippen molar-refractivity contribution >= 4 is 11.9 Å². The molecular weight excluding hydrogens is 318 g/mol. The molecule has 25 heavy (non-hydrogen) atoms. The third-order valence-corrected chi connectivity index (χ3v) is 4.62. The zero-order valence-corrected chi connectivity index (χ0v) is 14.3. The summed E-state index contributed by atoms with van der Waals surface area (Å²) in [6.45, 7) is 4.22. The van der Waals surface area contributed by atoms with E-state index in [-0.39, 0.29) is 18.9 Å². The van der Waals surface area contributed by atoms with Crippen molar-refractivity contribution in [3.05, 3.63) is 64.7 Å². The van der Waals surface area contributed by atoms with Crippen LogP contribution in [0.2, 0.25) is 0 Å². The second-order valence-corrected chi connectivity index (χ2v) is 6.43. The molecule has 3 rings (SSSR count). The predicted octanol–water partition coefficient (Wildman–Crippen LogP) is 2.59. The Kier molecular flexibility index (Phi) is 4.74. The Morgan fingerprint density at radius 1 is 1.20 bits per heavy atom. The molecule has 1 aliphatic heterocycles. The number of benzene rings is 2.